The van der Waals surface area contributed by atoms with E-state index in [0.29, 0.717) is 0 Å². The molecular weight excluding hydrogens is 192 g/mol. The van der Waals surface area contributed by atoms with E-state index in [0.717, 1.165) is 15.3 Å². The fraction of sp³-hybridized carbons (Fsp3) is 0.0833. The van der Waals surface area contributed by atoms with Crippen molar-refractivity contribution in [3.05, 3.63) is 47.3 Å². The molecule has 1 nitrogen and oxygen atoms in total. The molecule has 14 heavy (non-hydrogen) atoms. The molecule has 69 valence electrons. The van der Waals surface area contributed by atoms with Crippen molar-refractivity contribution in [3.8, 4) is 10.4 Å². The van der Waals surface area contributed by atoms with E-state index in [4.69, 9.17) is 0 Å². The number of carbonyl (C=O) groups is 1. The summed E-state index contributed by atoms with van der Waals surface area (Å²) in [5.74, 6) is 0.126. The second-order valence-corrected chi connectivity index (χ2v) is 4.10. The number of rotatable bonds is 2. The molecule has 0 fully saturated rings. The van der Waals surface area contributed by atoms with Gasteiger partial charge in [0, 0.05) is 4.88 Å². The third-order valence-electron chi connectivity index (χ3n) is 1.94. The molecule has 0 saturated carbocycles. The van der Waals surface area contributed by atoms with E-state index >= 15 is 0 Å². The van der Waals surface area contributed by atoms with Gasteiger partial charge < -0.3 is 0 Å². The summed E-state index contributed by atoms with van der Waals surface area (Å²) in [6, 6.07) is 14.6. The first-order valence-electron chi connectivity index (χ1n) is 4.34. The lowest BCUT2D eigenvalue weighted by atomic mass is 10.2. The van der Waals surface area contributed by atoms with Crippen molar-refractivity contribution in [1.82, 2.24) is 0 Å². The third-order valence-corrected chi connectivity index (χ3v) is 3.18. The maximum atomic E-state index is 11.1. The van der Waals surface area contributed by atoms with Gasteiger partial charge in [-0.25, -0.2) is 0 Å². The number of hydrogen-bond donors (Lipinski definition) is 0. The Morgan fingerprint density at radius 2 is 2.21 bits per heavy atom. The van der Waals surface area contributed by atoms with Crippen LogP contribution in [0.3, 0.4) is 0 Å². The highest BCUT2D eigenvalue weighted by molar-refractivity contribution is 7.17. The van der Waals surface area contributed by atoms with Crippen LogP contribution in [0.25, 0.3) is 10.4 Å². The van der Waals surface area contributed by atoms with Crippen molar-refractivity contribution in [2.75, 3.05) is 0 Å². The van der Waals surface area contributed by atoms with E-state index in [2.05, 4.69) is 6.07 Å². The summed E-state index contributed by atoms with van der Waals surface area (Å²) < 4.78 is 0. The Hall–Kier alpha value is -1.41. The van der Waals surface area contributed by atoms with Crippen LogP contribution >= 0.6 is 11.3 Å². The zero-order valence-electron chi connectivity index (χ0n) is 7.78. The Kier molecular flexibility index (Phi) is 2.46. The minimum Gasteiger partial charge on any atom is -0.294 e. The highest BCUT2D eigenvalue weighted by Gasteiger charge is 2.04. The molecule has 1 aromatic heterocycles. The maximum absolute atomic E-state index is 11.1. The lowest BCUT2D eigenvalue weighted by Crippen LogP contribution is -1.83. The van der Waals surface area contributed by atoms with Gasteiger partial charge in [0.2, 0.25) is 0 Å². The van der Waals surface area contributed by atoms with Crippen LogP contribution in [0.5, 0.6) is 0 Å². The molecular formula is C12H9OS. The van der Waals surface area contributed by atoms with E-state index < -0.39 is 0 Å². The SMILES string of the molecule is CC(=O)c1ccc(-c2c[c]ccc2)s1. The number of ketones is 1. The van der Waals surface area contributed by atoms with Gasteiger partial charge in [0.15, 0.2) is 5.78 Å². The zero-order valence-corrected chi connectivity index (χ0v) is 8.60. The fourth-order valence-corrected chi connectivity index (χ4v) is 2.13. The van der Waals surface area contributed by atoms with Crippen LogP contribution in [0.15, 0.2) is 36.4 Å². The number of carbonyl (C=O) groups excluding carboxylic acids is 1. The van der Waals surface area contributed by atoms with Gasteiger partial charge in [0.05, 0.1) is 4.88 Å². The Morgan fingerprint density at radius 1 is 1.36 bits per heavy atom. The summed E-state index contributed by atoms with van der Waals surface area (Å²) in [6.45, 7) is 1.59. The molecule has 2 heteroatoms. The highest BCUT2D eigenvalue weighted by atomic mass is 32.1. The van der Waals surface area contributed by atoms with E-state index in [1.807, 2.05) is 36.4 Å². The summed E-state index contributed by atoms with van der Waals surface area (Å²) in [5, 5.41) is 0. The van der Waals surface area contributed by atoms with Gasteiger partial charge in [-0.2, -0.15) is 0 Å². The molecule has 0 bridgehead atoms. The first-order chi connectivity index (χ1) is 6.77. The van der Waals surface area contributed by atoms with Gasteiger partial charge in [0.1, 0.15) is 0 Å². The summed E-state index contributed by atoms with van der Waals surface area (Å²) in [4.78, 5) is 13.0. The summed E-state index contributed by atoms with van der Waals surface area (Å²) >= 11 is 1.52. The molecule has 1 heterocycles. The fourth-order valence-electron chi connectivity index (χ4n) is 1.23. The quantitative estimate of drug-likeness (QED) is 0.680. The lowest BCUT2D eigenvalue weighted by molar-refractivity contribution is 0.102. The molecule has 2 aromatic rings. The minimum atomic E-state index is 0.126. The molecule has 0 amide bonds. The molecule has 1 radical (unpaired) electrons. The van der Waals surface area contributed by atoms with Crippen molar-refractivity contribution in [3.63, 3.8) is 0 Å². The second kappa shape index (κ2) is 3.76. The van der Waals surface area contributed by atoms with Crippen molar-refractivity contribution in [2.24, 2.45) is 0 Å². The topological polar surface area (TPSA) is 17.1 Å². The molecule has 0 atom stereocenters. The standard InChI is InChI=1S/C12H9OS/c1-9(13)11-7-8-12(14-11)10-5-3-2-4-6-10/h2-3,5-8H,1H3. The van der Waals surface area contributed by atoms with Crippen LogP contribution in [-0.2, 0) is 0 Å². The summed E-state index contributed by atoms with van der Waals surface area (Å²) in [6.07, 6.45) is 0. The Balaban J connectivity index is 2.39. The van der Waals surface area contributed by atoms with Gasteiger partial charge in [-0.3, -0.25) is 4.79 Å². The van der Waals surface area contributed by atoms with Gasteiger partial charge >= 0.3 is 0 Å². The van der Waals surface area contributed by atoms with E-state index in [9.17, 15) is 4.79 Å². The first-order valence-corrected chi connectivity index (χ1v) is 5.16. The van der Waals surface area contributed by atoms with Gasteiger partial charge in [0.25, 0.3) is 0 Å². The molecule has 0 spiro atoms. The number of benzene rings is 1. The normalized spacial score (nSPS) is 10.1. The molecule has 0 aliphatic heterocycles. The van der Waals surface area contributed by atoms with E-state index in [1.54, 1.807) is 6.92 Å². The van der Waals surface area contributed by atoms with Crippen LogP contribution in [-0.4, -0.2) is 5.78 Å². The van der Waals surface area contributed by atoms with Crippen molar-refractivity contribution in [2.45, 2.75) is 6.92 Å². The molecule has 0 N–H and O–H groups in total. The van der Waals surface area contributed by atoms with Crippen molar-refractivity contribution < 1.29 is 4.79 Å². The van der Waals surface area contributed by atoms with Crippen LogP contribution in [0, 0.1) is 6.07 Å². The molecule has 0 saturated heterocycles. The van der Waals surface area contributed by atoms with Crippen LogP contribution in [0.4, 0.5) is 0 Å². The summed E-state index contributed by atoms with van der Waals surface area (Å²) in [7, 11) is 0. The van der Waals surface area contributed by atoms with Crippen molar-refractivity contribution >= 4 is 17.1 Å². The smallest absolute Gasteiger partial charge is 0.169 e. The van der Waals surface area contributed by atoms with Crippen LogP contribution in [0.1, 0.15) is 16.6 Å². The van der Waals surface area contributed by atoms with Crippen LogP contribution in [0.2, 0.25) is 0 Å². The summed E-state index contributed by atoms with van der Waals surface area (Å²) in [5.41, 5.74) is 1.12. The average Bonchev–Trinajstić information content (AvgIpc) is 2.68. The predicted molar refractivity (Wildman–Crippen MR) is 58.6 cm³/mol. The monoisotopic (exact) mass is 201 g/mol. The molecule has 0 unspecified atom stereocenters. The predicted octanol–water partition coefficient (Wildman–Crippen LogP) is 3.42. The Morgan fingerprint density at radius 3 is 2.79 bits per heavy atom. The zero-order chi connectivity index (χ0) is 9.97. The average molecular weight is 201 g/mol. The maximum Gasteiger partial charge on any atom is 0.169 e. The van der Waals surface area contributed by atoms with E-state index in [-0.39, 0.29) is 5.78 Å². The highest BCUT2D eigenvalue weighted by Crippen LogP contribution is 2.27. The first kappa shape index (κ1) is 9.16. The number of hydrogen-bond acceptors (Lipinski definition) is 2. The Labute approximate surface area is 87.0 Å². The van der Waals surface area contributed by atoms with Crippen molar-refractivity contribution in [1.29, 1.82) is 0 Å². The molecule has 2 rings (SSSR count). The third kappa shape index (κ3) is 1.75. The molecule has 0 aliphatic carbocycles. The van der Waals surface area contributed by atoms with Gasteiger partial charge in [-0.05, 0) is 36.8 Å². The largest absolute Gasteiger partial charge is 0.294 e. The van der Waals surface area contributed by atoms with E-state index in [1.165, 1.54) is 11.3 Å². The molecule has 0 aliphatic rings. The Bertz CT molecular complexity index is 442. The van der Waals surface area contributed by atoms with Crippen LogP contribution < -0.4 is 0 Å². The minimum absolute atomic E-state index is 0.126. The number of Topliss-reactive ketones (excluding diaryl/α,β-unsaturated/α-hetero) is 1. The molecule has 1 aromatic carbocycles. The second-order valence-electron chi connectivity index (χ2n) is 3.01. The lowest BCUT2D eigenvalue weighted by Gasteiger charge is -1.93. The van der Waals surface area contributed by atoms with Gasteiger partial charge in [-0.1, -0.05) is 18.2 Å². The number of thiophene rings is 1. The van der Waals surface area contributed by atoms with Gasteiger partial charge in [-0.15, -0.1) is 11.3 Å².